The molecule has 0 aliphatic rings. The Morgan fingerprint density at radius 1 is 0.875 bits per heavy atom. The molecule has 6 heteroatoms. The van der Waals surface area contributed by atoms with Crippen LogP contribution in [0.3, 0.4) is 0 Å². The van der Waals surface area contributed by atoms with E-state index in [0.717, 1.165) is 20.5 Å². The fourth-order valence-corrected chi connectivity index (χ4v) is 4.58. The molecule has 3 aromatic carbocycles. The molecule has 32 heavy (non-hydrogen) atoms. The van der Waals surface area contributed by atoms with E-state index in [0.29, 0.717) is 17.1 Å². The van der Waals surface area contributed by atoms with Crippen molar-refractivity contribution >= 4 is 39.3 Å². The molecule has 1 heterocycles. The number of hydrogen-bond donors (Lipinski definition) is 0. The number of ether oxygens (including phenoxy) is 2. The van der Waals surface area contributed by atoms with E-state index in [1.54, 1.807) is 49.8 Å². The van der Waals surface area contributed by atoms with Crippen LogP contribution in [0, 0.1) is 0 Å². The molecule has 0 atom stereocenters. The van der Waals surface area contributed by atoms with Crippen LogP contribution in [0.4, 0.5) is 0 Å². The van der Waals surface area contributed by atoms with Crippen LogP contribution in [0.2, 0.25) is 0 Å². The van der Waals surface area contributed by atoms with Gasteiger partial charge in [0, 0.05) is 37.9 Å². The molecule has 0 saturated carbocycles. The first-order valence-electron chi connectivity index (χ1n) is 9.79. The first-order chi connectivity index (χ1) is 15.5. The van der Waals surface area contributed by atoms with Gasteiger partial charge >= 0.3 is 0 Å². The molecule has 160 valence electrons. The number of rotatable bonds is 7. The maximum atomic E-state index is 12.7. The Hall–Kier alpha value is -3.90. The van der Waals surface area contributed by atoms with Crippen LogP contribution in [0.1, 0.15) is 26.3 Å². The second-order valence-electron chi connectivity index (χ2n) is 6.97. The number of thiophene rings is 1. The summed E-state index contributed by atoms with van der Waals surface area (Å²) in [4.78, 5) is 25.0. The number of aromatic carboxylic acids is 1. The van der Waals surface area contributed by atoms with Gasteiger partial charge in [-0.15, -0.1) is 11.3 Å². The smallest absolute Gasteiger partial charge is 0.186 e. The maximum Gasteiger partial charge on any atom is 0.186 e. The van der Waals surface area contributed by atoms with Gasteiger partial charge in [-0.3, -0.25) is 4.79 Å². The topological polar surface area (TPSA) is 75.7 Å². The van der Waals surface area contributed by atoms with E-state index in [2.05, 4.69) is 18.2 Å². The molecule has 5 nitrogen and oxygen atoms in total. The quantitative estimate of drug-likeness (QED) is 0.302. The number of carboxylic acids is 1. The van der Waals surface area contributed by atoms with Crippen molar-refractivity contribution in [3.05, 3.63) is 89.5 Å². The average molecular weight is 444 g/mol. The third-order valence-corrected chi connectivity index (χ3v) is 6.22. The van der Waals surface area contributed by atoms with Gasteiger partial charge in [-0.25, -0.2) is 0 Å². The predicted molar refractivity (Wildman–Crippen MR) is 125 cm³/mol. The van der Waals surface area contributed by atoms with Gasteiger partial charge < -0.3 is 19.4 Å². The molecule has 1 aromatic heterocycles. The summed E-state index contributed by atoms with van der Waals surface area (Å²) in [5.41, 5.74) is 1.47. The Labute approximate surface area is 189 Å². The Balaban J connectivity index is 1.76. The lowest BCUT2D eigenvalue weighted by atomic mass is 10.0. The highest BCUT2D eigenvalue weighted by Gasteiger charge is 2.15. The third kappa shape index (κ3) is 4.13. The molecule has 0 aliphatic heterocycles. The van der Waals surface area contributed by atoms with E-state index < -0.39 is 11.8 Å². The molecule has 4 aromatic rings. The summed E-state index contributed by atoms with van der Waals surface area (Å²) < 4.78 is 12.2. The Morgan fingerprint density at radius 2 is 1.56 bits per heavy atom. The molecule has 0 radical (unpaired) electrons. The fourth-order valence-electron chi connectivity index (χ4n) is 3.49. The highest BCUT2D eigenvalue weighted by atomic mass is 32.1. The zero-order valence-corrected chi connectivity index (χ0v) is 18.3. The van der Waals surface area contributed by atoms with Crippen LogP contribution in [-0.4, -0.2) is 26.0 Å². The number of fused-ring (bicyclic) bond motifs is 1. The Kier molecular flexibility index (Phi) is 6.05. The lowest BCUT2D eigenvalue weighted by Crippen LogP contribution is -2.24. The van der Waals surface area contributed by atoms with Gasteiger partial charge in [0.25, 0.3) is 0 Å². The minimum atomic E-state index is -1.39. The summed E-state index contributed by atoms with van der Waals surface area (Å²) in [7, 11) is 3.14. The van der Waals surface area contributed by atoms with E-state index >= 15 is 0 Å². The van der Waals surface area contributed by atoms with Gasteiger partial charge in [0.2, 0.25) is 0 Å². The molecule has 4 rings (SSSR count). The Morgan fingerprint density at radius 3 is 2.25 bits per heavy atom. The lowest BCUT2D eigenvalue weighted by molar-refractivity contribution is -0.255. The molecule has 0 unspecified atom stereocenters. The SMILES string of the molecule is COc1cc(OC)c(-c2cc3ccccc3s2)cc1/C=C/C(=O)c1ccccc1C(=O)[O-]. The molecular weight excluding hydrogens is 424 g/mol. The van der Waals surface area contributed by atoms with E-state index in [4.69, 9.17) is 9.47 Å². The van der Waals surface area contributed by atoms with Crippen molar-refractivity contribution in [2.75, 3.05) is 14.2 Å². The van der Waals surface area contributed by atoms with Crippen molar-refractivity contribution in [2.45, 2.75) is 0 Å². The molecule has 0 bridgehead atoms. The number of carbonyl (C=O) groups is 2. The van der Waals surface area contributed by atoms with E-state index in [-0.39, 0.29) is 11.1 Å². The zero-order valence-electron chi connectivity index (χ0n) is 17.5. The maximum absolute atomic E-state index is 12.7. The summed E-state index contributed by atoms with van der Waals surface area (Å²) in [6.07, 6.45) is 2.95. The highest BCUT2D eigenvalue weighted by Crippen LogP contribution is 2.41. The van der Waals surface area contributed by atoms with Gasteiger partial charge in [-0.2, -0.15) is 0 Å². The third-order valence-electron chi connectivity index (χ3n) is 5.07. The van der Waals surface area contributed by atoms with Crippen LogP contribution in [0.25, 0.3) is 26.6 Å². The van der Waals surface area contributed by atoms with Gasteiger partial charge in [0.05, 0.1) is 20.2 Å². The standard InChI is InChI=1S/C26H20O5S/c1-30-22-15-23(31-2)20(25-14-17-7-3-6-10-24(17)32-25)13-16(22)11-12-21(27)18-8-4-5-9-19(18)26(28)29/h3-15H,1-2H3,(H,28,29)/p-1/b12-11+. The van der Waals surface area contributed by atoms with E-state index in [1.807, 2.05) is 18.2 Å². The number of carboxylic acid groups (broad SMARTS) is 1. The number of hydrogen-bond acceptors (Lipinski definition) is 6. The van der Waals surface area contributed by atoms with Crippen LogP contribution >= 0.6 is 11.3 Å². The lowest BCUT2D eigenvalue weighted by Gasteiger charge is -2.12. The van der Waals surface area contributed by atoms with Crippen LogP contribution in [-0.2, 0) is 0 Å². The molecule has 0 saturated heterocycles. The number of methoxy groups -OCH3 is 2. The minimum Gasteiger partial charge on any atom is -0.545 e. The molecule has 0 aliphatic carbocycles. The second kappa shape index (κ2) is 9.08. The first-order valence-corrected chi connectivity index (χ1v) is 10.6. The van der Waals surface area contributed by atoms with Crippen molar-refractivity contribution in [3.63, 3.8) is 0 Å². The minimum absolute atomic E-state index is 0.0703. The predicted octanol–water partition coefficient (Wildman–Crippen LogP) is 4.85. The van der Waals surface area contributed by atoms with Crippen LogP contribution in [0.15, 0.2) is 72.8 Å². The van der Waals surface area contributed by atoms with Gasteiger partial charge in [-0.1, -0.05) is 42.5 Å². The summed E-state index contributed by atoms with van der Waals surface area (Å²) >= 11 is 1.64. The summed E-state index contributed by atoms with van der Waals surface area (Å²) in [6.45, 7) is 0. The van der Waals surface area contributed by atoms with Crippen LogP contribution in [0.5, 0.6) is 11.5 Å². The van der Waals surface area contributed by atoms with Gasteiger partial charge in [0.15, 0.2) is 5.78 Å². The van der Waals surface area contributed by atoms with Crippen LogP contribution < -0.4 is 14.6 Å². The fraction of sp³-hybridized carbons (Fsp3) is 0.0769. The normalized spacial score (nSPS) is 11.1. The average Bonchev–Trinajstić information content (AvgIpc) is 3.26. The monoisotopic (exact) mass is 443 g/mol. The number of allylic oxidation sites excluding steroid dienone is 1. The van der Waals surface area contributed by atoms with Crippen molar-refractivity contribution in [1.82, 2.24) is 0 Å². The molecular formula is C26H19O5S-. The number of carbonyl (C=O) groups excluding carboxylic acids is 2. The highest BCUT2D eigenvalue weighted by molar-refractivity contribution is 7.22. The second-order valence-corrected chi connectivity index (χ2v) is 8.06. The molecule has 0 N–H and O–H groups in total. The zero-order chi connectivity index (χ0) is 22.7. The van der Waals surface area contributed by atoms with Crippen molar-refractivity contribution in [1.29, 1.82) is 0 Å². The number of ketones is 1. The summed E-state index contributed by atoms with van der Waals surface area (Å²) in [5.74, 6) is -0.648. The summed E-state index contributed by atoms with van der Waals surface area (Å²) in [6, 6.07) is 19.9. The largest absolute Gasteiger partial charge is 0.545 e. The van der Waals surface area contributed by atoms with E-state index in [9.17, 15) is 14.7 Å². The van der Waals surface area contributed by atoms with Crippen molar-refractivity contribution in [2.24, 2.45) is 0 Å². The van der Waals surface area contributed by atoms with Crippen molar-refractivity contribution < 1.29 is 24.2 Å². The summed E-state index contributed by atoms with van der Waals surface area (Å²) in [5, 5.41) is 12.5. The molecule has 0 spiro atoms. The van der Waals surface area contributed by atoms with Gasteiger partial charge in [-0.05, 0) is 35.7 Å². The number of benzene rings is 3. The molecule has 0 amide bonds. The molecule has 0 fully saturated rings. The van der Waals surface area contributed by atoms with Gasteiger partial charge in [0.1, 0.15) is 11.5 Å². The van der Waals surface area contributed by atoms with Crippen molar-refractivity contribution in [3.8, 4) is 21.9 Å². The Bertz CT molecular complexity index is 1320. The first kappa shape index (κ1) is 21.3. The van der Waals surface area contributed by atoms with E-state index in [1.165, 1.54) is 18.2 Å².